The van der Waals surface area contributed by atoms with Crippen LogP contribution >= 0.6 is 0 Å². The van der Waals surface area contributed by atoms with Crippen LogP contribution in [0.4, 0.5) is 0 Å². The van der Waals surface area contributed by atoms with Gasteiger partial charge in [-0.2, -0.15) is 0 Å². The van der Waals surface area contributed by atoms with Crippen molar-refractivity contribution in [2.45, 2.75) is 64.7 Å². The number of rotatable bonds is 6. The van der Waals surface area contributed by atoms with Gasteiger partial charge in [-0.15, -0.1) is 0 Å². The zero-order valence-corrected chi connectivity index (χ0v) is 23.1. The standard InChI is InChI=1S/C34H40O3/c1-22-18-30(37)16-17-31(22)34(6,7)27-20-25(32(2,3)23-8-12-28(35)13-9-23)19-26(21-27)33(4,5)24-10-14-29(36)15-11-24/h8-22,31,35-37H,1-7H3. The molecule has 0 saturated heterocycles. The number of hydrogen-bond acceptors (Lipinski definition) is 3. The molecule has 2 unspecified atom stereocenters. The van der Waals surface area contributed by atoms with Crippen LogP contribution in [0.5, 0.6) is 11.5 Å². The van der Waals surface area contributed by atoms with Gasteiger partial charge in [0.15, 0.2) is 0 Å². The van der Waals surface area contributed by atoms with Crippen molar-refractivity contribution in [2.75, 3.05) is 0 Å². The van der Waals surface area contributed by atoms with Crippen molar-refractivity contribution in [1.82, 2.24) is 0 Å². The van der Waals surface area contributed by atoms with E-state index in [0.717, 1.165) is 11.1 Å². The summed E-state index contributed by atoms with van der Waals surface area (Å²) >= 11 is 0. The Bertz CT molecular complexity index is 1250. The Morgan fingerprint density at radius 3 is 1.38 bits per heavy atom. The minimum atomic E-state index is -0.300. The van der Waals surface area contributed by atoms with Gasteiger partial charge in [0.05, 0.1) is 0 Å². The summed E-state index contributed by atoms with van der Waals surface area (Å²) in [6.07, 6.45) is 5.90. The third-order valence-electron chi connectivity index (χ3n) is 8.61. The van der Waals surface area contributed by atoms with Gasteiger partial charge in [-0.1, -0.05) is 97.0 Å². The van der Waals surface area contributed by atoms with Crippen LogP contribution in [0.2, 0.25) is 0 Å². The van der Waals surface area contributed by atoms with Gasteiger partial charge in [-0.25, -0.2) is 0 Å². The molecule has 194 valence electrons. The molecular weight excluding hydrogens is 456 g/mol. The van der Waals surface area contributed by atoms with E-state index in [2.05, 4.69) is 72.7 Å². The first kappa shape index (κ1) is 26.6. The number of aliphatic hydroxyl groups is 1. The molecule has 1 aliphatic rings. The number of phenolic OH excluding ortho intramolecular Hbond substituents is 2. The van der Waals surface area contributed by atoms with Gasteiger partial charge < -0.3 is 15.3 Å². The summed E-state index contributed by atoms with van der Waals surface area (Å²) < 4.78 is 0. The minimum absolute atomic E-state index is 0.197. The second-order valence-electron chi connectivity index (χ2n) is 12.2. The maximum atomic E-state index is 10.1. The largest absolute Gasteiger partial charge is 0.508 e. The highest BCUT2D eigenvalue weighted by Gasteiger charge is 2.37. The van der Waals surface area contributed by atoms with Gasteiger partial charge in [-0.05, 0) is 81.5 Å². The first-order valence-corrected chi connectivity index (χ1v) is 13.1. The molecule has 3 nitrogen and oxygen atoms in total. The van der Waals surface area contributed by atoms with E-state index >= 15 is 0 Å². The number of hydrogen-bond donors (Lipinski definition) is 3. The number of allylic oxidation sites excluding steroid dienone is 3. The molecule has 3 heteroatoms. The monoisotopic (exact) mass is 496 g/mol. The van der Waals surface area contributed by atoms with E-state index in [1.807, 2.05) is 36.4 Å². The molecule has 0 aliphatic heterocycles. The molecule has 0 aromatic heterocycles. The zero-order chi connectivity index (χ0) is 27.2. The lowest BCUT2D eigenvalue weighted by molar-refractivity contribution is 0.303. The Kier molecular flexibility index (Phi) is 6.79. The Morgan fingerprint density at radius 2 is 0.973 bits per heavy atom. The van der Waals surface area contributed by atoms with E-state index in [4.69, 9.17) is 0 Å². The fourth-order valence-corrected chi connectivity index (χ4v) is 5.71. The van der Waals surface area contributed by atoms with Crippen LogP contribution in [0.25, 0.3) is 0 Å². The number of benzene rings is 3. The average molecular weight is 497 g/mol. The molecule has 4 rings (SSSR count). The second kappa shape index (κ2) is 9.45. The van der Waals surface area contributed by atoms with Crippen molar-refractivity contribution in [3.05, 3.63) is 119 Å². The van der Waals surface area contributed by atoms with E-state index in [0.29, 0.717) is 5.76 Å². The summed E-state index contributed by atoms with van der Waals surface area (Å²) in [6.45, 7) is 15.7. The van der Waals surface area contributed by atoms with Gasteiger partial charge in [0.1, 0.15) is 17.3 Å². The molecule has 0 fully saturated rings. The van der Waals surface area contributed by atoms with E-state index in [1.165, 1.54) is 16.7 Å². The topological polar surface area (TPSA) is 60.7 Å². The Morgan fingerprint density at radius 1 is 0.568 bits per heavy atom. The lowest BCUT2D eigenvalue weighted by atomic mass is 9.64. The van der Waals surface area contributed by atoms with Gasteiger partial charge in [0, 0.05) is 10.8 Å². The fourth-order valence-electron chi connectivity index (χ4n) is 5.71. The van der Waals surface area contributed by atoms with Crippen LogP contribution in [-0.2, 0) is 16.2 Å². The molecule has 0 heterocycles. The molecule has 3 aromatic carbocycles. The molecule has 0 saturated carbocycles. The van der Waals surface area contributed by atoms with Crippen molar-refractivity contribution in [3.63, 3.8) is 0 Å². The van der Waals surface area contributed by atoms with Crippen LogP contribution in [0.1, 0.15) is 76.3 Å². The van der Waals surface area contributed by atoms with Crippen LogP contribution in [0.15, 0.2) is 90.7 Å². The predicted molar refractivity (Wildman–Crippen MR) is 152 cm³/mol. The highest BCUT2D eigenvalue weighted by atomic mass is 16.3. The minimum Gasteiger partial charge on any atom is -0.508 e. The third-order valence-corrected chi connectivity index (χ3v) is 8.61. The first-order valence-electron chi connectivity index (χ1n) is 13.1. The molecule has 3 N–H and O–H groups in total. The quantitative estimate of drug-likeness (QED) is 0.322. The molecule has 1 aliphatic carbocycles. The SMILES string of the molecule is CC1C=C(O)C=CC1C(C)(C)c1cc(C(C)(C)c2ccc(O)cc2)cc(C(C)(C)c2ccc(O)cc2)c1. The zero-order valence-electron chi connectivity index (χ0n) is 23.1. The van der Waals surface area contributed by atoms with Crippen LogP contribution < -0.4 is 0 Å². The maximum Gasteiger partial charge on any atom is 0.115 e. The highest BCUT2D eigenvalue weighted by molar-refractivity contribution is 5.49. The highest BCUT2D eigenvalue weighted by Crippen LogP contribution is 2.45. The molecule has 37 heavy (non-hydrogen) atoms. The Hall–Kier alpha value is -3.46. The lowest BCUT2D eigenvalue weighted by Gasteiger charge is -2.40. The molecule has 0 amide bonds. The van der Waals surface area contributed by atoms with E-state index in [-0.39, 0.29) is 39.6 Å². The molecule has 3 aromatic rings. The van der Waals surface area contributed by atoms with E-state index in [1.54, 1.807) is 24.3 Å². The summed E-state index contributed by atoms with van der Waals surface area (Å²) in [6, 6.07) is 22.0. The second-order valence-corrected chi connectivity index (χ2v) is 12.2. The summed E-state index contributed by atoms with van der Waals surface area (Å²) in [7, 11) is 0. The number of phenols is 2. The lowest BCUT2D eigenvalue weighted by Crippen LogP contribution is -2.34. The fraction of sp³-hybridized carbons (Fsp3) is 0.353. The van der Waals surface area contributed by atoms with E-state index < -0.39 is 0 Å². The third kappa shape index (κ3) is 5.05. The van der Waals surface area contributed by atoms with Crippen molar-refractivity contribution in [3.8, 4) is 11.5 Å². The summed E-state index contributed by atoms with van der Waals surface area (Å²) in [5.41, 5.74) is 5.12. The maximum absolute atomic E-state index is 10.1. The number of aromatic hydroxyl groups is 2. The molecular formula is C34H40O3. The van der Waals surface area contributed by atoms with Gasteiger partial charge in [-0.3, -0.25) is 0 Å². The molecule has 0 radical (unpaired) electrons. The van der Waals surface area contributed by atoms with Crippen LogP contribution in [0.3, 0.4) is 0 Å². The van der Waals surface area contributed by atoms with Crippen LogP contribution in [-0.4, -0.2) is 15.3 Å². The van der Waals surface area contributed by atoms with E-state index in [9.17, 15) is 15.3 Å². The summed E-state index contributed by atoms with van der Waals surface area (Å²) in [5, 5.41) is 29.8. The van der Waals surface area contributed by atoms with Crippen molar-refractivity contribution in [1.29, 1.82) is 0 Å². The Labute approximate surface area is 221 Å². The van der Waals surface area contributed by atoms with Gasteiger partial charge in [0.25, 0.3) is 0 Å². The van der Waals surface area contributed by atoms with Gasteiger partial charge in [0.2, 0.25) is 0 Å². The van der Waals surface area contributed by atoms with Gasteiger partial charge >= 0.3 is 0 Å². The number of aliphatic hydroxyl groups excluding tert-OH is 1. The van der Waals surface area contributed by atoms with Crippen molar-refractivity contribution in [2.24, 2.45) is 11.8 Å². The normalized spacial score (nSPS) is 18.5. The van der Waals surface area contributed by atoms with Crippen LogP contribution in [0, 0.1) is 11.8 Å². The smallest absolute Gasteiger partial charge is 0.115 e. The first-order chi connectivity index (χ1) is 17.2. The molecule has 2 atom stereocenters. The average Bonchev–Trinajstić information content (AvgIpc) is 2.84. The summed E-state index contributed by atoms with van der Waals surface area (Å²) in [5.74, 6) is 1.27. The Balaban J connectivity index is 1.91. The van der Waals surface area contributed by atoms with Crippen molar-refractivity contribution < 1.29 is 15.3 Å². The predicted octanol–water partition coefficient (Wildman–Crippen LogP) is 8.29. The summed E-state index contributed by atoms with van der Waals surface area (Å²) in [4.78, 5) is 0. The molecule has 0 spiro atoms. The molecule has 0 bridgehead atoms. The van der Waals surface area contributed by atoms with Crippen molar-refractivity contribution >= 4 is 0 Å².